The lowest BCUT2D eigenvalue weighted by Crippen LogP contribution is -2.21. The fraction of sp³-hybridized carbons (Fsp3) is 0.562. The normalized spacial score (nSPS) is 14.8. The third kappa shape index (κ3) is 4.01. The Bertz CT molecular complexity index is 868. The summed E-state index contributed by atoms with van der Waals surface area (Å²) < 4.78 is 2.77. The summed E-state index contributed by atoms with van der Waals surface area (Å²) in [6.45, 7) is 8.51. The number of aromatic nitrogens is 4. The van der Waals surface area contributed by atoms with Gasteiger partial charge in [-0.1, -0.05) is 5.16 Å². The van der Waals surface area contributed by atoms with Crippen LogP contribution < -0.4 is 15.1 Å². The smallest absolute Gasteiger partial charge is 0.352 e. The zero-order valence-electron chi connectivity index (χ0n) is 15.4. The molecular weight excluding hydrogens is 370 g/mol. The molecule has 1 fully saturated rings. The van der Waals surface area contributed by atoms with E-state index in [9.17, 15) is 0 Å². The number of hydrogen-bond donors (Lipinski definition) is 1. The molecule has 1 aliphatic heterocycles. The topological polar surface area (TPSA) is 80.5 Å². The Kier molecular flexibility index (Phi) is 5.82. The van der Waals surface area contributed by atoms with Crippen LogP contribution >= 0.6 is 23.6 Å². The zero-order valence-corrected chi connectivity index (χ0v) is 17.1. The molecule has 0 unspecified atom stereocenters. The first-order chi connectivity index (χ1) is 12.5. The highest BCUT2D eigenvalue weighted by Crippen LogP contribution is 2.21. The Balaban J connectivity index is 1.85. The number of rotatable bonds is 6. The van der Waals surface area contributed by atoms with E-state index in [0.29, 0.717) is 11.9 Å². The van der Waals surface area contributed by atoms with Gasteiger partial charge in [-0.15, -0.1) is 11.3 Å². The minimum Gasteiger partial charge on any atom is -0.354 e. The number of hydrogen-bond acceptors (Lipinski definition) is 9. The van der Waals surface area contributed by atoms with Crippen molar-refractivity contribution in [3.8, 4) is 6.01 Å². The molecule has 0 amide bonds. The lowest BCUT2D eigenvalue weighted by Gasteiger charge is -2.15. The molecule has 3 heterocycles. The molecule has 3 rings (SSSR count). The molecule has 1 N–H and O–H groups in total. The monoisotopic (exact) mass is 393 g/mol. The van der Waals surface area contributed by atoms with Gasteiger partial charge < -0.3 is 19.6 Å². The minimum absolute atomic E-state index is 0.189. The van der Waals surface area contributed by atoms with Gasteiger partial charge in [-0.2, -0.15) is 15.0 Å². The van der Waals surface area contributed by atoms with Crippen LogP contribution in [-0.2, 0) is 7.05 Å². The Morgan fingerprint density at radius 2 is 2.04 bits per heavy atom. The highest BCUT2D eigenvalue weighted by molar-refractivity contribution is 7.73. The first-order valence-corrected chi connectivity index (χ1v) is 9.85. The molecule has 0 atom stereocenters. The summed E-state index contributed by atoms with van der Waals surface area (Å²) in [5.41, 5.74) is 1.80. The summed E-state index contributed by atoms with van der Waals surface area (Å²) in [5.74, 6) is 1.13. The van der Waals surface area contributed by atoms with Crippen LogP contribution in [0, 0.1) is 10.9 Å². The SMILES string of the molecule is CCNc1nc(O/N=C(\C)c2sc(=S)n(C)c2C)nc(N2CCCC2)n1. The van der Waals surface area contributed by atoms with Crippen molar-refractivity contribution in [1.29, 1.82) is 0 Å². The summed E-state index contributed by atoms with van der Waals surface area (Å²) >= 11 is 6.83. The fourth-order valence-corrected chi connectivity index (χ4v) is 3.99. The molecule has 1 aliphatic rings. The number of thiazole rings is 1. The van der Waals surface area contributed by atoms with Crippen LogP contribution in [0.25, 0.3) is 0 Å². The highest BCUT2D eigenvalue weighted by Gasteiger charge is 2.18. The molecule has 0 spiro atoms. The van der Waals surface area contributed by atoms with Gasteiger partial charge in [-0.05, 0) is 45.8 Å². The van der Waals surface area contributed by atoms with E-state index in [1.165, 1.54) is 11.3 Å². The van der Waals surface area contributed by atoms with Gasteiger partial charge in [0.2, 0.25) is 11.9 Å². The molecule has 0 saturated carbocycles. The molecule has 0 aliphatic carbocycles. The third-order valence-corrected chi connectivity index (χ3v) is 5.98. The largest absolute Gasteiger partial charge is 0.354 e. The molecule has 8 nitrogen and oxygen atoms in total. The van der Waals surface area contributed by atoms with Gasteiger partial charge in [-0.3, -0.25) is 0 Å². The van der Waals surface area contributed by atoms with E-state index in [-0.39, 0.29) is 6.01 Å². The van der Waals surface area contributed by atoms with Crippen LogP contribution in [0.3, 0.4) is 0 Å². The molecule has 140 valence electrons. The summed E-state index contributed by atoms with van der Waals surface area (Å²) in [6.07, 6.45) is 2.29. The van der Waals surface area contributed by atoms with Crippen LogP contribution in [0.4, 0.5) is 11.9 Å². The lowest BCUT2D eigenvalue weighted by atomic mass is 10.3. The average molecular weight is 394 g/mol. The number of nitrogens with zero attached hydrogens (tertiary/aromatic N) is 6. The second kappa shape index (κ2) is 8.09. The van der Waals surface area contributed by atoms with E-state index in [1.54, 1.807) is 0 Å². The third-order valence-electron chi connectivity index (χ3n) is 4.21. The molecule has 2 aromatic heterocycles. The average Bonchev–Trinajstić information content (AvgIpc) is 3.25. The summed E-state index contributed by atoms with van der Waals surface area (Å²) in [7, 11) is 1.95. The molecule has 10 heteroatoms. The van der Waals surface area contributed by atoms with E-state index in [2.05, 4.69) is 30.3 Å². The molecule has 1 saturated heterocycles. The van der Waals surface area contributed by atoms with Gasteiger partial charge in [0.25, 0.3) is 0 Å². The highest BCUT2D eigenvalue weighted by atomic mass is 32.1. The van der Waals surface area contributed by atoms with Gasteiger partial charge in [0.15, 0.2) is 3.95 Å². The van der Waals surface area contributed by atoms with Crippen LogP contribution in [0.2, 0.25) is 0 Å². The van der Waals surface area contributed by atoms with E-state index >= 15 is 0 Å². The van der Waals surface area contributed by atoms with Crippen molar-refractivity contribution >= 4 is 41.2 Å². The molecule has 26 heavy (non-hydrogen) atoms. The number of nitrogens with one attached hydrogen (secondary N) is 1. The second-order valence-corrected chi connectivity index (χ2v) is 7.72. The standard InChI is InChI=1S/C16H23N7OS2/c1-5-17-13-18-14(23-8-6-7-9-23)20-15(19-13)24-21-10(2)12-11(3)22(4)16(25)26-12/h5-9H2,1-4H3,(H,17,18,19,20)/b21-10+. The van der Waals surface area contributed by atoms with Crippen molar-refractivity contribution in [3.63, 3.8) is 0 Å². The maximum Gasteiger partial charge on any atom is 0.352 e. The fourth-order valence-electron chi connectivity index (χ4n) is 2.69. The Labute approximate surface area is 161 Å². The van der Waals surface area contributed by atoms with Crippen molar-refractivity contribution in [3.05, 3.63) is 14.5 Å². The van der Waals surface area contributed by atoms with Gasteiger partial charge >= 0.3 is 6.01 Å². The minimum atomic E-state index is 0.189. The van der Waals surface area contributed by atoms with Crippen LogP contribution in [0.5, 0.6) is 6.01 Å². The van der Waals surface area contributed by atoms with E-state index in [1.807, 2.05) is 32.4 Å². The first-order valence-electron chi connectivity index (χ1n) is 8.63. The predicted molar refractivity (Wildman–Crippen MR) is 107 cm³/mol. The predicted octanol–water partition coefficient (Wildman–Crippen LogP) is 3.14. The molecule has 0 radical (unpaired) electrons. The van der Waals surface area contributed by atoms with Gasteiger partial charge in [0.05, 0.1) is 10.6 Å². The van der Waals surface area contributed by atoms with E-state index in [4.69, 9.17) is 17.1 Å². The quantitative estimate of drug-likeness (QED) is 0.459. The van der Waals surface area contributed by atoms with E-state index in [0.717, 1.165) is 52.7 Å². The van der Waals surface area contributed by atoms with Gasteiger partial charge in [-0.25, -0.2) is 0 Å². The van der Waals surface area contributed by atoms with Crippen molar-refractivity contribution in [2.75, 3.05) is 29.9 Å². The summed E-state index contributed by atoms with van der Waals surface area (Å²) in [4.78, 5) is 21.9. The maximum absolute atomic E-state index is 5.54. The molecular formula is C16H23N7OS2. The molecule has 0 bridgehead atoms. The molecule has 2 aromatic rings. The van der Waals surface area contributed by atoms with Gasteiger partial charge in [0.1, 0.15) is 0 Å². The van der Waals surface area contributed by atoms with Crippen molar-refractivity contribution in [1.82, 2.24) is 19.5 Å². The number of anilines is 2. The van der Waals surface area contributed by atoms with Gasteiger partial charge in [0, 0.05) is 32.4 Å². The van der Waals surface area contributed by atoms with Crippen molar-refractivity contribution < 1.29 is 4.84 Å². The van der Waals surface area contributed by atoms with Crippen LogP contribution in [0.15, 0.2) is 5.16 Å². The summed E-state index contributed by atoms with van der Waals surface area (Å²) in [5, 5.41) is 7.34. The van der Waals surface area contributed by atoms with E-state index < -0.39 is 0 Å². The Morgan fingerprint density at radius 1 is 1.31 bits per heavy atom. The maximum atomic E-state index is 5.54. The first kappa shape index (κ1) is 18.7. The Morgan fingerprint density at radius 3 is 2.65 bits per heavy atom. The molecule has 0 aromatic carbocycles. The zero-order chi connectivity index (χ0) is 18.7. The number of oxime groups is 1. The summed E-state index contributed by atoms with van der Waals surface area (Å²) in [6, 6.07) is 0.189. The lowest BCUT2D eigenvalue weighted by molar-refractivity contribution is 0.312. The Hall–Kier alpha value is -2.07. The van der Waals surface area contributed by atoms with Crippen molar-refractivity contribution in [2.45, 2.75) is 33.6 Å². The second-order valence-electron chi connectivity index (χ2n) is 6.08. The van der Waals surface area contributed by atoms with Crippen LogP contribution in [0.1, 0.15) is 37.3 Å². The van der Waals surface area contributed by atoms with Crippen molar-refractivity contribution in [2.24, 2.45) is 12.2 Å². The van der Waals surface area contributed by atoms with Crippen LogP contribution in [-0.4, -0.2) is 44.9 Å².